The van der Waals surface area contributed by atoms with E-state index in [4.69, 9.17) is 5.73 Å². The highest BCUT2D eigenvalue weighted by atomic mass is 32.1. The summed E-state index contributed by atoms with van der Waals surface area (Å²) in [7, 11) is 0. The number of nitrogens with one attached hydrogen (secondary N) is 1. The van der Waals surface area contributed by atoms with Crippen LogP contribution in [0.25, 0.3) is 0 Å². The fraction of sp³-hybridized carbons (Fsp3) is 0.286. The van der Waals surface area contributed by atoms with Crippen molar-refractivity contribution in [1.29, 1.82) is 0 Å². The molecule has 0 fully saturated rings. The molecule has 4 nitrogen and oxygen atoms in total. The predicted octanol–water partition coefficient (Wildman–Crippen LogP) is 2.53. The second-order valence-electron chi connectivity index (χ2n) is 4.27. The van der Waals surface area contributed by atoms with Crippen LogP contribution in [0.4, 0.5) is 5.13 Å². The maximum atomic E-state index is 12.1. The van der Waals surface area contributed by atoms with Crippen LogP contribution in [0.5, 0.6) is 0 Å². The van der Waals surface area contributed by atoms with E-state index in [2.05, 4.69) is 23.3 Å². The Morgan fingerprint density at radius 2 is 2.05 bits per heavy atom. The molecule has 0 atom stereocenters. The molecule has 3 N–H and O–H groups in total. The molecule has 2 rings (SSSR count). The molecule has 0 radical (unpaired) electrons. The molecular formula is C14H17N3OS. The van der Waals surface area contributed by atoms with Gasteiger partial charge >= 0.3 is 0 Å². The minimum atomic E-state index is -0.113. The number of hydrogen-bond donors (Lipinski definition) is 2. The summed E-state index contributed by atoms with van der Waals surface area (Å²) >= 11 is 1.22. The number of aromatic nitrogens is 1. The number of benzene rings is 1. The van der Waals surface area contributed by atoms with E-state index in [0.29, 0.717) is 22.2 Å². The third-order valence-electron chi connectivity index (χ3n) is 2.96. The first-order chi connectivity index (χ1) is 9.11. The highest BCUT2D eigenvalue weighted by Gasteiger charge is 2.14. The number of nitrogen functional groups attached to an aromatic ring is 1. The highest BCUT2D eigenvalue weighted by molar-refractivity contribution is 7.17. The van der Waals surface area contributed by atoms with Gasteiger partial charge in [0, 0.05) is 6.54 Å². The number of aryl methyl sites for hydroxylation is 2. The Labute approximate surface area is 116 Å². The van der Waals surface area contributed by atoms with Gasteiger partial charge in [-0.2, -0.15) is 0 Å². The Morgan fingerprint density at radius 1 is 1.37 bits per heavy atom. The summed E-state index contributed by atoms with van der Waals surface area (Å²) in [5, 5.41) is 3.35. The normalized spacial score (nSPS) is 10.4. The molecule has 0 saturated carbocycles. The first-order valence-electron chi connectivity index (χ1n) is 6.19. The van der Waals surface area contributed by atoms with E-state index < -0.39 is 0 Å². The van der Waals surface area contributed by atoms with Crippen LogP contribution in [0.1, 0.15) is 33.4 Å². The number of nitrogens with two attached hydrogens (primary N) is 1. The van der Waals surface area contributed by atoms with E-state index in [9.17, 15) is 4.79 Å². The van der Waals surface area contributed by atoms with Crippen molar-refractivity contribution in [3.63, 3.8) is 0 Å². The van der Waals surface area contributed by atoms with Crippen LogP contribution in [0.15, 0.2) is 24.3 Å². The average molecular weight is 275 g/mol. The topological polar surface area (TPSA) is 68.0 Å². The Morgan fingerprint density at radius 3 is 2.63 bits per heavy atom. The Bertz CT molecular complexity index is 592. The predicted molar refractivity (Wildman–Crippen MR) is 78.3 cm³/mol. The fourth-order valence-corrected chi connectivity index (χ4v) is 2.71. The summed E-state index contributed by atoms with van der Waals surface area (Å²) < 4.78 is 0. The van der Waals surface area contributed by atoms with Crippen molar-refractivity contribution in [3.05, 3.63) is 46.0 Å². The Hall–Kier alpha value is -1.88. The van der Waals surface area contributed by atoms with Crippen molar-refractivity contribution in [2.24, 2.45) is 0 Å². The van der Waals surface area contributed by atoms with Gasteiger partial charge in [-0.05, 0) is 24.5 Å². The molecule has 0 aliphatic heterocycles. The molecule has 19 heavy (non-hydrogen) atoms. The van der Waals surface area contributed by atoms with Gasteiger partial charge in [0.1, 0.15) is 4.88 Å². The van der Waals surface area contributed by atoms with Crippen LogP contribution >= 0.6 is 11.3 Å². The van der Waals surface area contributed by atoms with E-state index >= 15 is 0 Å². The van der Waals surface area contributed by atoms with Crippen molar-refractivity contribution < 1.29 is 4.79 Å². The minimum Gasteiger partial charge on any atom is -0.375 e. The van der Waals surface area contributed by atoms with Crippen molar-refractivity contribution in [1.82, 2.24) is 10.3 Å². The molecule has 1 heterocycles. The first kappa shape index (κ1) is 13.5. The molecule has 1 aromatic heterocycles. The third kappa shape index (κ3) is 3.12. The number of rotatable bonds is 4. The van der Waals surface area contributed by atoms with Gasteiger partial charge < -0.3 is 11.1 Å². The van der Waals surface area contributed by atoms with Gasteiger partial charge in [0.25, 0.3) is 5.91 Å². The Balaban J connectivity index is 2.06. The highest BCUT2D eigenvalue weighted by Crippen LogP contribution is 2.19. The lowest BCUT2D eigenvalue weighted by Gasteiger charge is -2.08. The molecule has 0 bridgehead atoms. The molecule has 2 aromatic rings. The number of carbonyl (C=O) groups excluding carboxylic acids is 1. The second kappa shape index (κ2) is 5.84. The molecule has 5 heteroatoms. The van der Waals surface area contributed by atoms with Gasteiger partial charge in [0.15, 0.2) is 5.13 Å². The first-order valence-corrected chi connectivity index (χ1v) is 7.01. The Kier molecular flexibility index (Phi) is 4.16. The summed E-state index contributed by atoms with van der Waals surface area (Å²) in [4.78, 5) is 16.7. The third-order valence-corrected chi connectivity index (χ3v) is 3.94. The number of carbonyl (C=O) groups is 1. The summed E-state index contributed by atoms with van der Waals surface area (Å²) in [5.41, 5.74) is 8.68. The van der Waals surface area contributed by atoms with Crippen molar-refractivity contribution in [2.45, 2.75) is 26.8 Å². The number of nitrogens with zero attached hydrogens (tertiary/aromatic N) is 1. The lowest BCUT2D eigenvalue weighted by molar-refractivity contribution is 0.0954. The van der Waals surface area contributed by atoms with Crippen LogP contribution in [0.3, 0.4) is 0 Å². The SMILES string of the molecule is CCc1ccccc1CNC(=O)c1sc(N)nc1C. The summed E-state index contributed by atoms with van der Waals surface area (Å²) in [5.74, 6) is -0.113. The second-order valence-corrected chi connectivity index (χ2v) is 5.30. The van der Waals surface area contributed by atoms with Gasteiger partial charge in [0.2, 0.25) is 0 Å². The van der Waals surface area contributed by atoms with E-state index in [1.807, 2.05) is 18.2 Å². The number of anilines is 1. The molecule has 0 saturated heterocycles. The molecule has 0 unspecified atom stereocenters. The van der Waals surface area contributed by atoms with Gasteiger partial charge in [0.05, 0.1) is 5.69 Å². The van der Waals surface area contributed by atoms with Crippen molar-refractivity contribution in [2.75, 3.05) is 5.73 Å². The number of amides is 1. The minimum absolute atomic E-state index is 0.113. The lowest BCUT2D eigenvalue weighted by atomic mass is 10.1. The van der Waals surface area contributed by atoms with E-state index in [1.165, 1.54) is 16.9 Å². The van der Waals surface area contributed by atoms with Crippen LogP contribution < -0.4 is 11.1 Å². The van der Waals surface area contributed by atoms with Gasteiger partial charge in [-0.15, -0.1) is 0 Å². The molecule has 1 aromatic carbocycles. The summed E-state index contributed by atoms with van der Waals surface area (Å²) in [6.07, 6.45) is 0.957. The largest absolute Gasteiger partial charge is 0.375 e. The van der Waals surface area contributed by atoms with Crippen LogP contribution in [-0.2, 0) is 13.0 Å². The van der Waals surface area contributed by atoms with Gasteiger partial charge in [-0.3, -0.25) is 4.79 Å². The molecule has 0 spiro atoms. The maximum absolute atomic E-state index is 12.1. The number of thiazole rings is 1. The summed E-state index contributed by atoms with van der Waals surface area (Å²) in [6, 6.07) is 8.11. The van der Waals surface area contributed by atoms with Crippen molar-refractivity contribution in [3.8, 4) is 0 Å². The molecule has 1 amide bonds. The maximum Gasteiger partial charge on any atom is 0.263 e. The number of hydrogen-bond acceptors (Lipinski definition) is 4. The quantitative estimate of drug-likeness (QED) is 0.901. The summed E-state index contributed by atoms with van der Waals surface area (Å²) in [6.45, 7) is 4.43. The lowest BCUT2D eigenvalue weighted by Crippen LogP contribution is -2.23. The standard InChI is InChI=1S/C14H17N3OS/c1-3-10-6-4-5-7-11(10)8-16-13(18)12-9(2)17-14(15)19-12/h4-7H,3,8H2,1-2H3,(H2,15,17)(H,16,18). The zero-order valence-electron chi connectivity index (χ0n) is 11.1. The average Bonchev–Trinajstić information content (AvgIpc) is 2.75. The molecule has 0 aliphatic carbocycles. The van der Waals surface area contributed by atoms with Crippen LogP contribution in [-0.4, -0.2) is 10.9 Å². The van der Waals surface area contributed by atoms with E-state index in [1.54, 1.807) is 6.92 Å². The van der Waals surface area contributed by atoms with E-state index in [-0.39, 0.29) is 5.91 Å². The van der Waals surface area contributed by atoms with Gasteiger partial charge in [-0.1, -0.05) is 42.5 Å². The molecule has 0 aliphatic rings. The van der Waals surface area contributed by atoms with Crippen molar-refractivity contribution >= 4 is 22.4 Å². The van der Waals surface area contributed by atoms with E-state index in [0.717, 1.165) is 12.0 Å². The zero-order valence-corrected chi connectivity index (χ0v) is 11.9. The smallest absolute Gasteiger partial charge is 0.263 e. The molecule has 100 valence electrons. The fourth-order valence-electron chi connectivity index (χ4n) is 1.96. The zero-order chi connectivity index (χ0) is 13.8. The molecular weight excluding hydrogens is 258 g/mol. The van der Waals surface area contributed by atoms with Crippen LogP contribution in [0.2, 0.25) is 0 Å². The monoisotopic (exact) mass is 275 g/mol. The van der Waals surface area contributed by atoms with Crippen LogP contribution in [0, 0.1) is 6.92 Å². The van der Waals surface area contributed by atoms with Gasteiger partial charge in [-0.25, -0.2) is 4.98 Å².